The summed E-state index contributed by atoms with van der Waals surface area (Å²) in [6.45, 7) is 2.84. The second-order valence-electron chi connectivity index (χ2n) is 2.61. The van der Waals surface area contributed by atoms with E-state index in [-0.39, 0.29) is 57.1 Å². The van der Waals surface area contributed by atoms with E-state index in [1.165, 1.54) is 6.07 Å². The molecule has 0 saturated carbocycles. The number of rotatable bonds is 4. The van der Waals surface area contributed by atoms with Crippen molar-refractivity contribution in [1.29, 1.82) is 0 Å². The van der Waals surface area contributed by atoms with Crippen LogP contribution in [0.25, 0.3) is 0 Å². The topological polar surface area (TPSA) is 58.0 Å². The fourth-order valence-corrected chi connectivity index (χ4v) is 0.915. The summed E-state index contributed by atoms with van der Waals surface area (Å²) in [7, 11) is 0. The van der Waals surface area contributed by atoms with E-state index in [2.05, 4.69) is 12.0 Å². The van der Waals surface area contributed by atoms with E-state index in [4.69, 9.17) is 0 Å². The Morgan fingerprint density at radius 2 is 2.38 bits per heavy atom. The second kappa shape index (κ2) is 6.72. The number of aromatic nitrogens is 2. The number of carboxylic acids is 1. The van der Waals surface area contributed by atoms with Gasteiger partial charge >= 0.3 is 51.4 Å². The fraction of sp³-hybridized carbons (Fsp3) is 0.500. The zero-order valence-corrected chi connectivity index (χ0v) is 11.1. The van der Waals surface area contributed by atoms with Crippen LogP contribution in [0.3, 0.4) is 0 Å². The number of carboxylic acid groups (broad SMARTS) is 1. The molecule has 0 unspecified atom stereocenters. The summed E-state index contributed by atoms with van der Waals surface area (Å²) >= 11 is 0. The molecule has 13 heavy (non-hydrogen) atoms. The van der Waals surface area contributed by atoms with Crippen LogP contribution in [0.15, 0.2) is 12.3 Å². The van der Waals surface area contributed by atoms with Gasteiger partial charge in [0.25, 0.3) is 0 Å². The van der Waals surface area contributed by atoms with Crippen LogP contribution < -0.4 is 56.5 Å². The molecule has 5 heteroatoms. The van der Waals surface area contributed by atoms with Crippen LogP contribution in [0, 0.1) is 0 Å². The number of aryl methyl sites for hydroxylation is 1. The van der Waals surface area contributed by atoms with Gasteiger partial charge in [0, 0.05) is 12.7 Å². The fourth-order valence-electron chi connectivity index (χ4n) is 0.915. The minimum atomic E-state index is -1.22. The number of carbonyl (C=O) groups excluding carboxylic acids is 1. The molecule has 0 aliphatic carbocycles. The van der Waals surface area contributed by atoms with Crippen LogP contribution in [-0.2, 0) is 6.54 Å². The normalized spacial score (nSPS) is 9.31. The van der Waals surface area contributed by atoms with Crippen LogP contribution in [0.4, 0.5) is 0 Å². The molecule has 0 amide bonds. The Hall–Kier alpha value is 0.316. The van der Waals surface area contributed by atoms with Crippen molar-refractivity contribution in [3.05, 3.63) is 18.0 Å². The van der Waals surface area contributed by atoms with Crippen LogP contribution in [0.5, 0.6) is 0 Å². The first-order valence-electron chi connectivity index (χ1n) is 3.99. The van der Waals surface area contributed by atoms with Crippen molar-refractivity contribution >= 4 is 5.97 Å². The van der Waals surface area contributed by atoms with Crippen molar-refractivity contribution in [3.63, 3.8) is 0 Å². The number of carbonyl (C=O) groups is 1. The molecular weight excluding hydrogens is 195 g/mol. The van der Waals surface area contributed by atoms with E-state index in [9.17, 15) is 9.90 Å². The Kier molecular flexibility index (Phi) is 6.89. The number of hydrogen-bond donors (Lipinski definition) is 0. The molecule has 1 rings (SSSR count). The number of hydrogen-bond acceptors (Lipinski definition) is 3. The predicted molar refractivity (Wildman–Crippen MR) is 41.5 cm³/mol. The van der Waals surface area contributed by atoms with Gasteiger partial charge in [-0.05, 0) is 12.5 Å². The summed E-state index contributed by atoms with van der Waals surface area (Å²) in [6.07, 6.45) is 3.73. The maximum Gasteiger partial charge on any atom is 1.00 e. The van der Waals surface area contributed by atoms with Crippen molar-refractivity contribution < 1.29 is 61.3 Å². The molecule has 0 aromatic carbocycles. The first-order valence-corrected chi connectivity index (χ1v) is 3.99. The maximum atomic E-state index is 10.3. The zero-order chi connectivity index (χ0) is 8.97. The summed E-state index contributed by atoms with van der Waals surface area (Å²) in [5.74, 6) is -1.22. The SMILES string of the molecule is CCCCn1ccc(C(=O)[O-])n1.[K+]. The Labute approximate surface area is 120 Å². The molecule has 0 spiro atoms. The van der Waals surface area contributed by atoms with E-state index < -0.39 is 5.97 Å². The second-order valence-corrected chi connectivity index (χ2v) is 2.61. The Balaban J connectivity index is 0.00000144. The summed E-state index contributed by atoms with van der Waals surface area (Å²) in [6, 6.07) is 1.45. The van der Waals surface area contributed by atoms with Crippen LogP contribution in [-0.4, -0.2) is 15.7 Å². The summed E-state index contributed by atoms with van der Waals surface area (Å²) in [5, 5.41) is 14.1. The van der Waals surface area contributed by atoms with Gasteiger partial charge in [-0.2, -0.15) is 5.10 Å². The molecule has 0 atom stereocenters. The molecule has 0 aliphatic heterocycles. The van der Waals surface area contributed by atoms with Crippen LogP contribution in [0.1, 0.15) is 30.3 Å². The van der Waals surface area contributed by atoms with Gasteiger partial charge in [-0.3, -0.25) is 4.68 Å². The van der Waals surface area contributed by atoms with E-state index >= 15 is 0 Å². The van der Waals surface area contributed by atoms with E-state index in [0.29, 0.717) is 0 Å². The van der Waals surface area contributed by atoms with Gasteiger partial charge in [0.1, 0.15) is 5.69 Å². The predicted octanol–water partition coefficient (Wildman–Crippen LogP) is -2.95. The average Bonchev–Trinajstić information content (AvgIpc) is 2.48. The van der Waals surface area contributed by atoms with Crippen molar-refractivity contribution in [1.82, 2.24) is 9.78 Å². The van der Waals surface area contributed by atoms with Crippen molar-refractivity contribution in [2.75, 3.05) is 0 Å². The maximum absolute atomic E-state index is 10.3. The van der Waals surface area contributed by atoms with Crippen molar-refractivity contribution in [2.24, 2.45) is 0 Å². The smallest absolute Gasteiger partial charge is 0.543 e. The summed E-state index contributed by atoms with van der Waals surface area (Å²) in [4.78, 5) is 10.3. The molecular formula is C8H11KN2O2. The van der Waals surface area contributed by atoms with E-state index in [1.54, 1.807) is 10.9 Å². The standard InChI is InChI=1S/C8H12N2O2.K/c1-2-3-5-10-6-4-7(9-10)8(11)12;/h4,6H,2-3,5H2,1H3,(H,11,12);/q;+1/p-1. The minimum Gasteiger partial charge on any atom is -0.543 e. The van der Waals surface area contributed by atoms with Gasteiger partial charge in [0.2, 0.25) is 0 Å². The molecule has 0 N–H and O–H groups in total. The van der Waals surface area contributed by atoms with Gasteiger partial charge in [-0.25, -0.2) is 0 Å². The quantitative estimate of drug-likeness (QED) is 0.495. The van der Waals surface area contributed by atoms with E-state index in [0.717, 1.165) is 19.4 Å². The average molecular weight is 206 g/mol. The Morgan fingerprint density at radius 1 is 1.69 bits per heavy atom. The summed E-state index contributed by atoms with van der Waals surface area (Å²) in [5.41, 5.74) is 0.00565. The van der Waals surface area contributed by atoms with Crippen LogP contribution in [0.2, 0.25) is 0 Å². The first-order chi connectivity index (χ1) is 5.74. The molecule has 0 fully saturated rings. The van der Waals surface area contributed by atoms with Gasteiger partial charge < -0.3 is 9.90 Å². The summed E-state index contributed by atoms with van der Waals surface area (Å²) < 4.78 is 1.62. The number of nitrogens with zero attached hydrogens (tertiary/aromatic N) is 2. The molecule has 1 aromatic heterocycles. The monoisotopic (exact) mass is 206 g/mol. The van der Waals surface area contributed by atoms with Crippen LogP contribution >= 0.6 is 0 Å². The van der Waals surface area contributed by atoms with Gasteiger partial charge in [-0.15, -0.1) is 0 Å². The molecule has 1 heterocycles. The third kappa shape index (κ3) is 4.37. The molecule has 4 nitrogen and oxygen atoms in total. The third-order valence-electron chi connectivity index (χ3n) is 1.59. The molecule has 1 aromatic rings. The molecule has 0 bridgehead atoms. The number of unbranched alkanes of at least 4 members (excludes halogenated alkanes) is 1. The van der Waals surface area contributed by atoms with E-state index in [1.807, 2.05) is 0 Å². The van der Waals surface area contributed by atoms with Gasteiger partial charge in [0.15, 0.2) is 0 Å². The van der Waals surface area contributed by atoms with Crippen molar-refractivity contribution in [3.8, 4) is 0 Å². The third-order valence-corrected chi connectivity index (χ3v) is 1.59. The molecule has 66 valence electrons. The first kappa shape index (κ1) is 13.3. The number of aromatic carboxylic acids is 1. The molecule has 0 aliphatic rings. The minimum absolute atomic E-state index is 0. The zero-order valence-electron chi connectivity index (χ0n) is 7.99. The molecule has 0 radical (unpaired) electrons. The van der Waals surface area contributed by atoms with Gasteiger partial charge in [0.05, 0.1) is 5.97 Å². The van der Waals surface area contributed by atoms with Gasteiger partial charge in [-0.1, -0.05) is 13.3 Å². The van der Waals surface area contributed by atoms with Crippen molar-refractivity contribution in [2.45, 2.75) is 26.3 Å². The Morgan fingerprint density at radius 3 is 2.85 bits per heavy atom. The Bertz CT molecular complexity index is 273. The largest absolute Gasteiger partial charge is 1.00 e. The molecule has 0 saturated heterocycles.